The summed E-state index contributed by atoms with van der Waals surface area (Å²) in [6.07, 6.45) is 3.63. The van der Waals surface area contributed by atoms with Crippen LogP contribution in [-0.4, -0.2) is 71.2 Å². The summed E-state index contributed by atoms with van der Waals surface area (Å²) in [7, 11) is 8.58. The van der Waals surface area contributed by atoms with Crippen molar-refractivity contribution >= 4 is 11.9 Å². The molecule has 0 spiro atoms. The molecule has 11 nitrogen and oxygen atoms in total. The van der Waals surface area contributed by atoms with Crippen LogP contribution in [0.1, 0.15) is 61.3 Å². The zero-order chi connectivity index (χ0) is 29.8. The fraction of sp³-hybridized carbons (Fsp3) is 0.483. The molecule has 0 amide bonds. The van der Waals surface area contributed by atoms with E-state index in [-0.39, 0.29) is 34.2 Å². The molecule has 0 saturated heterocycles. The van der Waals surface area contributed by atoms with Crippen molar-refractivity contribution in [2.45, 2.75) is 52.1 Å². The molecule has 3 rings (SSSR count). The third kappa shape index (κ3) is 5.06. The first-order valence-corrected chi connectivity index (χ1v) is 12.5. The van der Waals surface area contributed by atoms with Crippen LogP contribution >= 0.6 is 0 Å². The van der Waals surface area contributed by atoms with Gasteiger partial charge in [-0.25, -0.2) is 9.59 Å². The van der Waals surface area contributed by atoms with Crippen molar-refractivity contribution < 1.29 is 47.5 Å². The van der Waals surface area contributed by atoms with E-state index in [1.807, 2.05) is 27.7 Å². The molecule has 1 heterocycles. The van der Waals surface area contributed by atoms with Gasteiger partial charge >= 0.3 is 23.5 Å². The highest BCUT2D eigenvalue weighted by Crippen LogP contribution is 2.44. The van der Waals surface area contributed by atoms with Crippen LogP contribution in [0.25, 0.3) is 0 Å². The third-order valence-electron chi connectivity index (χ3n) is 6.88. The van der Waals surface area contributed by atoms with Crippen molar-refractivity contribution in [1.82, 2.24) is 4.98 Å². The Morgan fingerprint density at radius 3 is 1.15 bits per heavy atom. The number of esters is 2. The molecular formula is C29H37NO10. The van der Waals surface area contributed by atoms with Gasteiger partial charge in [0.15, 0.2) is 23.0 Å². The van der Waals surface area contributed by atoms with Crippen molar-refractivity contribution in [3.05, 3.63) is 74.9 Å². The SMILES string of the molecule is COC1=C(C)CC(C)=C(OC)C1(OC)OC(=O)c1cncc(C(=O)OC2(OC)C(OC)=C(C)CC(C)=C2OC)c1. The average molecular weight is 560 g/mol. The molecule has 11 heteroatoms. The predicted octanol–water partition coefficient (Wildman–Crippen LogP) is 4.57. The molecule has 0 atom stereocenters. The number of carbonyl (C=O) groups is 2. The van der Waals surface area contributed by atoms with Gasteiger partial charge in [-0.15, -0.1) is 0 Å². The van der Waals surface area contributed by atoms with Crippen molar-refractivity contribution in [3.63, 3.8) is 0 Å². The second-order valence-electron chi connectivity index (χ2n) is 9.49. The molecule has 1 aromatic heterocycles. The number of hydrogen-bond acceptors (Lipinski definition) is 11. The normalized spacial score (nSPS) is 18.4. The summed E-state index contributed by atoms with van der Waals surface area (Å²) in [5.74, 6) is -4.05. The highest BCUT2D eigenvalue weighted by molar-refractivity contribution is 5.95. The van der Waals surface area contributed by atoms with E-state index in [4.69, 9.17) is 37.9 Å². The van der Waals surface area contributed by atoms with E-state index in [2.05, 4.69) is 4.98 Å². The van der Waals surface area contributed by atoms with E-state index >= 15 is 0 Å². The molecule has 0 fully saturated rings. The Morgan fingerprint density at radius 2 is 0.900 bits per heavy atom. The van der Waals surface area contributed by atoms with Crippen molar-refractivity contribution in [3.8, 4) is 0 Å². The maximum Gasteiger partial charge on any atom is 0.342 e. The predicted molar refractivity (Wildman–Crippen MR) is 143 cm³/mol. The molecule has 0 N–H and O–H groups in total. The first-order chi connectivity index (χ1) is 19.0. The van der Waals surface area contributed by atoms with Gasteiger partial charge in [0.25, 0.3) is 0 Å². The molecule has 0 saturated carbocycles. The lowest BCUT2D eigenvalue weighted by atomic mass is 9.92. The highest BCUT2D eigenvalue weighted by Gasteiger charge is 2.52. The summed E-state index contributed by atoms with van der Waals surface area (Å²) in [4.78, 5) is 31.0. The molecule has 0 aromatic carbocycles. The van der Waals surface area contributed by atoms with Gasteiger partial charge < -0.3 is 37.9 Å². The van der Waals surface area contributed by atoms with E-state index in [1.165, 1.54) is 61.1 Å². The van der Waals surface area contributed by atoms with Crippen molar-refractivity contribution in [2.24, 2.45) is 0 Å². The molecule has 0 aliphatic heterocycles. The quantitative estimate of drug-likeness (QED) is 0.296. The first-order valence-electron chi connectivity index (χ1n) is 12.5. The third-order valence-corrected chi connectivity index (χ3v) is 6.88. The lowest BCUT2D eigenvalue weighted by molar-refractivity contribution is -0.181. The summed E-state index contributed by atoms with van der Waals surface area (Å²) >= 11 is 0. The maximum absolute atomic E-state index is 13.4. The highest BCUT2D eigenvalue weighted by atomic mass is 16.8. The van der Waals surface area contributed by atoms with Gasteiger partial charge in [0, 0.05) is 26.6 Å². The van der Waals surface area contributed by atoms with Crippen LogP contribution in [0, 0.1) is 0 Å². The van der Waals surface area contributed by atoms with Crippen LogP contribution < -0.4 is 0 Å². The Morgan fingerprint density at radius 1 is 0.600 bits per heavy atom. The minimum atomic E-state index is -1.77. The smallest absolute Gasteiger partial charge is 0.342 e. The van der Waals surface area contributed by atoms with E-state index < -0.39 is 23.5 Å². The summed E-state index contributed by atoms with van der Waals surface area (Å²) in [5.41, 5.74) is 3.14. The Bertz CT molecular complexity index is 1160. The second-order valence-corrected chi connectivity index (χ2v) is 9.49. The lowest BCUT2D eigenvalue weighted by Crippen LogP contribution is -2.45. The number of ether oxygens (including phenoxy) is 8. The number of aromatic nitrogens is 1. The van der Waals surface area contributed by atoms with E-state index in [1.54, 1.807) is 0 Å². The number of rotatable bonds is 10. The fourth-order valence-corrected chi connectivity index (χ4v) is 5.36. The van der Waals surface area contributed by atoms with Gasteiger partial charge in [0.1, 0.15) is 0 Å². The average Bonchev–Trinajstić information content (AvgIpc) is 2.93. The van der Waals surface area contributed by atoms with Crippen LogP contribution in [0.2, 0.25) is 0 Å². The number of pyridine rings is 1. The van der Waals surface area contributed by atoms with E-state index in [0.29, 0.717) is 12.8 Å². The van der Waals surface area contributed by atoms with Gasteiger partial charge in [-0.3, -0.25) is 4.98 Å². The largest absolute Gasteiger partial charge is 0.494 e. The van der Waals surface area contributed by atoms with Crippen molar-refractivity contribution in [2.75, 3.05) is 42.7 Å². The molecule has 218 valence electrons. The molecule has 40 heavy (non-hydrogen) atoms. The van der Waals surface area contributed by atoms with Gasteiger partial charge in [-0.1, -0.05) is 0 Å². The van der Waals surface area contributed by atoms with Crippen LogP contribution in [0.4, 0.5) is 0 Å². The zero-order valence-corrected chi connectivity index (χ0v) is 24.7. The molecule has 0 bridgehead atoms. The molecule has 0 radical (unpaired) electrons. The van der Waals surface area contributed by atoms with E-state index in [0.717, 1.165) is 22.3 Å². The minimum Gasteiger partial charge on any atom is -0.494 e. The van der Waals surface area contributed by atoms with Gasteiger partial charge in [0.05, 0.1) is 39.6 Å². The number of carbonyl (C=O) groups excluding carboxylic acids is 2. The standard InChI is InChI=1S/C29H37NO10/c1-16-11-17(2)23(34-6)28(37-9,22(16)33-5)39-26(31)20-13-21(15-30-14-20)27(32)40-29(38-10)24(35-7)18(3)12-19(4)25(29)36-8/h13-15H,11-12H2,1-10H3. The number of nitrogens with zero attached hydrogens (tertiary/aromatic N) is 1. The van der Waals surface area contributed by atoms with Crippen LogP contribution in [-0.2, 0) is 37.9 Å². The van der Waals surface area contributed by atoms with E-state index in [9.17, 15) is 9.59 Å². The number of allylic oxidation sites excluding steroid dienone is 4. The first kappa shape index (κ1) is 30.7. The molecule has 1 aromatic rings. The monoisotopic (exact) mass is 559 g/mol. The van der Waals surface area contributed by atoms with Gasteiger partial charge in [0.2, 0.25) is 0 Å². The molecule has 2 aliphatic rings. The topological polar surface area (TPSA) is 121 Å². The fourth-order valence-electron chi connectivity index (χ4n) is 5.36. The van der Waals surface area contributed by atoms with Crippen LogP contribution in [0.3, 0.4) is 0 Å². The Hall–Kier alpha value is -3.83. The van der Waals surface area contributed by atoms with Crippen molar-refractivity contribution in [1.29, 1.82) is 0 Å². The second kappa shape index (κ2) is 12.1. The minimum absolute atomic E-state index is 0.0369. The number of hydrogen-bond donors (Lipinski definition) is 0. The summed E-state index contributed by atoms with van der Waals surface area (Å²) in [5, 5.41) is 0. The lowest BCUT2D eigenvalue weighted by Gasteiger charge is -2.38. The summed E-state index contributed by atoms with van der Waals surface area (Å²) in [6, 6.07) is 1.30. The zero-order valence-electron chi connectivity index (χ0n) is 24.7. The Labute approximate surface area is 234 Å². The van der Waals surface area contributed by atoms with Crippen LogP contribution in [0.5, 0.6) is 0 Å². The summed E-state index contributed by atoms with van der Waals surface area (Å²) in [6.45, 7) is 7.39. The Balaban J connectivity index is 1.99. The van der Waals surface area contributed by atoms with Gasteiger partial charge in [-0.2, -0.15) is 0 Å². The molecular weight excluding hydrogens is 522 g/mol. The molecule has 2 aliphatic carbocycles. The summed E-state index contributed by atoms with van der Waals surface area (Å²) < 4.78 is 45.5. The number of methoxy groups -OCH3 is 6. The molecule has 0 unspecified atom stereocenters. The van der Waals surface area contributed by atoms with Gasteiger partial charge in [-0.05, 0) is 68.9 Å². The van der Waals surface area contributed by atoms with Crippen LogP contribution in [0.15, 0.2) is 63.8 Å². The Kier molecular flexibility index (Phi) is 9.32. The maximum atomic E-state index is 13.4.